The maximum absolute atomic E-state index is 12.7. The third-order valence-electron chi connectivity index (χ3n) is 4.83. The molecule has 3 rings (SSSR count). The first-order valence-electron chi connectivity index (χ1n) is 9.03. The highest BCUT2D eigenvalue weighted by molar-refractivity contribution is 5.92. The van der Waals surface area contributed by atoms with E-state index in [1.165, 1.54) is 0 Å². The standard InChI is InChI=1S/C19H26N6O/c1-14-5-3-7-16(22-14)19(26)25-11-4-6-15(9-12-25)24(2)13-18-21-10-8-17(20)23-18/h3,5,7-8,10,15H,4,6,9,11-13H2,1-2H3,(H2,20,21,23)/t15-/m0/s1. The molecule has 26 heavy (non-hydrogen) atoms. The van der Waals surface area contributed by atoms with Gasteiger partial charge in [-0.15, -0.1) is 0 Å². The molecule has 0 spiro atoms. The Kier molecular flexibility index (Phi) is 5.78. The molecule has 1 atom stereocenters. The minimum absolute atomic E-state index is 0.0242. The SMILES string of the molecule is Cc1cccc(C(=O)N2CCC[C@H](N(C)Cc3nccc(N)n3)CC2)n1. The summed E-state index contributed by atoms with van der Waals surface area (Å²) in [5, 5.41) is 0. The molecule has 1 aliphatic rings. The Labute approximate surface area is 154 Å². The van der Waals surface area contributed by atoms with Gasteiger partial charge >= 0.3 is 0 Å². The molecule has 7 heteroatoms. The number of pyridine rings is 1. The number of nitrogens with zero attached hydrogens (tertiary/aromatic N) is 5. The smallest absolute Gasteiger partial charge is 0.272 e. The first-order chi connectivity index (χ1) is 12.5. The van der Waals surface area contributed by atoms with Crippen molar-refractivity contribution in [2.75, 3.05) is 25.9 Å². The van der Waals surface area contributed by atoms with Gasteiger partial charge in [-0.25, -0.2) is 15.0 Å². The van der Waals surface area contributed by atoms with E-state index in [1.54, 1.807) is 18.3 Å². The lowest BCUT2D eigenvalue weighted by molar-refractivity contribution is 0.0751. The zero-order valence-corrected chi connectivity index (χ0v) is 15.4. The van der Waals surface area contributed by atoms with Crippen LogP contribution in [0.5, 0.6) is 0 Å². The fraction of sp³-hybridized carbons (Fsp3) is 0.474. The number of hydrogen-bond donors (Lipinski definition) is 1. The molecule has 0 saturated carbocycles. The number of aryl methyl sites for hydroxylation is 1. The van der Waals surface area contributed by atoms with Crippen molar-refractivity contribution in [3.63, 3.8) is 0 Å². The van der Waals surface area contributed by atoms with E-state index < -0.39 is 0 Å². The lowest BCUT2D eigenvalue weighted by atomic mass is 10.1. The van der Waals surface area contributed by atoms with Crippen molar-refractivity contribution in [2.24, 2.45) is 0 Å². The van der Waals surface area contributed by atoms with Crippen molar-refractivity contribution in [1.82, 2.24) is 24.8 Å². The van der Waals surface area contributed by atoms with E-state index in [1.807, 2.05) is 24.0 Å². The van der Waals surface area contributed by atoms with Crippen molar-refractivity contribution in [2.45, 2.75) is 38.8 Å². The van der Waals surface area contributed by atoms with Gasteiger partial charge in [0.2, 0.25) is 0 Å². The minimum Gasteiger partial charge on any atom is -0.384 e. The van der Waals surface area contributed by atoms with Gasteiger partial charge in [0.15, 0.2) is 0 Å². The predicted molar refractivity (Wildman–Crippen MR) is 100 cm³/mol. The molecule has 0 aliphatic carbocycles. The molecule has 1 fully saturated rings. The van der Waals surface area contributed by atoms with Gasteiger partial charge in [-0.05, 0) is 51.4 Å². The summed E-state index contributed by atoms with van der Waals surface area (Å²) in [5.41, 5.74) is 7.13. The molecule has 2 aromatic rings. The number of carbonyl (C=O) groups excluding carboxylic acids is 1. The summed E-state index contributed by atoms with van der Waals surface area (Å²) >= 11 is 0. The zero-order valence-electron chi connectivity index (χ0n) is 15.4. The predicted octanol–water partition coefficient (Wildman–Crippen LogP) is 1.89. The van der Waals surface area contributed by atoms with Crippen molar-refractivity contribution >= 4 is 11.7 Å². The molecule has 3 heterocycles. The van der Waals surface area contributed by atoms with Crippen molar-refractivity contribution in [3.8, 4) is 0 Å². The van der Waals surface area contributed by atoms with Crippen molar-refractivity contribution in [1.29, 1.82) is 0 Å². The van der Waals surface area contributed by atoms with Crippen LogP contribution in [-0.4, -0.2) is 56.8 Å². The summed E-state index contributed by atoms with van der Waals surface area (Å²) in [6.07, 6.45) is 4.64. The van der Waals surface area contributed by atoms with E-state index in [4.69, 9.17) is 5.73 Å². The first kappa shape index (κ1) is 18.3. The van der Waals surface area contributed by atoms with E-state index in [9.17, 15) is 4.79 Å². The molecule has 2 N–H and O–H groups in total. The highest BCUT2D eigenvalue weighted by Gasteiger charge is 2.24. The molecule has 1 aliphatic heterocycles. The van der Waals surface area contributed by atoms with E-state index >= 15 is 0 Å². The van der Waals surface area contributed by atoms with E-state index in [0.29, 0.717) is 24.1 Å². The Hall–Kier alpha value is -2.54. The second-order valence-corrected chi connectivity index (χ2v) is 6.85. The summed E-state index contributed by atoms with van der Waals surface area (Å²) < 4.78 is 0. The molecule has 7 nitrogen and oxygen atoms in total. The summed E-state index contributed by atoms with van der Waals surface area (Å²) in [7, 11) is 2.08. The van der Waals surface area contributed by atoms with Crippen LogP contribution in [0.4, 0.5) is 5.82 Å². The Balaban J connectivity index is 1.60. The molecule has 0 aromatic carbocycles. The summed E-state index contributed by atoms with van der Waals surface area (Å²) in [4.78, 5) is 29.8. The van der Waals surface area contributed by atoms with Crippen LogP contribution in [0.1, 0.15) is 41.3 Å². The largest absolute Gasteiger partial charge is 0.384 e. The van der Waals surface area contributed by atoms with Gasteiger partial charge in [0.1, 0.15) is 17.3 Å². The van der Waals surface area contributed by atoms with E-state index in [2.05, 4.69) is 26.9 Å². The van der Waals surface area contributed by atoms with Crippen LogP contribution < -0.4 is 5.73 Å². The number of hydrogen-bond acceptors (Lipinski definition) is 6. The molecule has 0 bridgehead atoms. The number of anilines is 1. The van der Waals surface area contributed by atoms with Crippen molar-refractivity contribution in [3.05, 3.63) is 47.7 Å². The normalized spacial score (nSPS) is 18.0. The lowest BCUT2D eigenvalue weighted by Gasteiger charge is -2.26. The van der Waals surface area contributed by atoms with Gasteiger partial charge in [-0.2, -0.15) is 0 Å². The summed E-state index contributed by atoms with van der Waals surface area (Å²) in [6.45, 7) is 4.07. The molecule has 1 amide bonds. The van der Waals surface area contributed by atoms with E-state index in [0.717, 1.165) is 43.9 Å². The Morgan fingerprint density at radius 1 is 1.27 bits per heavy atom. The number of carbonyl (C=O) groups is 1. The number of aromatic nitrogens is 3. The van der Waals surface area contributed by atoms with Gasteiger partial charge < -0.3 is 10.6 Å². The van der Waals surface area contributed by atoms with Crippen LogP contribution in [0.3, 0.4) is 0 Å². The second-order valence-electron chi connectivity index (χ2n) is 6.85. The molecule has 1 saturated heterocycles. The van der Waals surface area contributed by atoms with Gasteiger partial charge in [0.05, 0.1) is 6.54 Å². The third kappa shape index (κ3) is 4.54. The monoisotopic (exact) mass is 354 g/mol. The van der Waals surface area contributed by atoms with Gasteiger partial charge in [0.25, 0.3) is 5.91 Å². The molecule has 138 valence electrons. The quantitative estimate of drug-likeness (QED) is 0.902. The minimum atomic E-state index is 0.0242. The van der Waals surface area contributed by atoms with Crippen LogP contribution in [0, 0.1) is 6.92 Å². The molecular formula is C19H26N6O. The Morgan fingerprint density at radius 3 is 2.88 bits per heavy atom. The topological polar surface area (TPSA) is 88.2 Å². The number of amides is 1. The van der Waals surface area contributed by atoms with Crippen LogP contribution in [-0.2, 0) is 6.54 Å². The highest BCUT2D eigenvalue weighted by Crippen LogP contribution is 2.18. The number of nitrogen functional groups attached to an aromatic ring is 1. The van der Waals surface area contributed by atoms with Crippen molar-refractivity contribution < 1.29 is 4.79 Å². The molecule has 0 unspecified atom stereocenters. The fourth-order valence-electron chi connectivity index (χ4n) is 3.39. The average molecular weight is 354 g/mol. The van der Waals surface area contributed by atoms with Gasteiger partial charge in [-0.1, -0.05) is 6.07 Å². The van der Waals surface area contributed by atoms with Crippen LogP contribution in [0.25, 0.3) is 0 Å². The second kappa shape index (κ2) is 8.23. The zero-order chi connectivity index (χ0) is 18.5. The maximum atomic E-state index is 12.7. The van der Waals surface area contributed by atoms with Crippen LogP contribution in [0.15, 0.2) is 30.5 Å². The van der Waals surface area contributed by atoms with Gasteiger partial charge in [-0.3, -0.25) is 9.69 Å². The lowest BCUT2D eigenvalue weighted by Crippen LogP contribution is -2.35. The van der Waals surface area contributed by atoms with Crippen LogP contribution in [0.2, 0.25) is 0 Å². The maximum Gasteiger partial charge on any atom is 0.272 e. The van der Waals surface area contributed by atoms with Gasteiger partial charge in [0, 0.05) is 31.0 Å². The Bertz CT molecular complexity index is 765. The average Bonchev–Trinajstić information content (AvgIpc) is 2.87. The van der Waals surface area contributed by atoms with E-state index in [-0.39, 0.29) is 5.91 Å². The number of likely N-dealkylation sites (tertiary alicyclic amines) is 1. The molecular weight excluding hydrogens is 328 g/mol. The molecule has 0 radical (unpaired) electrons. The number of rotatable bonds is 4. The Morgan fingerprint density at radius 2 is 2.12 bits per heavy atom. The number of nitrogens with two attached hydrogens (primary N) is 1. The first-order valence-corrected chi connectivity index (χ1v) is 9.03. The highest BCUT2D eigenvalue weighted by atomic mass is 16.2. The fourth-order valence-corrected chi connectivity index (χ4v) is 3.39. The molecule has 2 aromatic heterocycles. The summed E-state index contributed by atoms with van der Waals surface area (Å²) in [5.74, 6) is 1.25. The third-order valence-corrected chi connectivity index (χ3v) is 4.83. The van der Waals surface area contributed by atoms with Crippen LogP contribution >= 0.6 is 0 Å². The summed E-state index contributed by atoms with van der Waals surface area (Å²) in [6, 6.07) is 7.67.